The van der Waals surface area contributed by atoms with Gasteiger partial charge in [0.25, 0.3) is 0 Å². The Morgan fingerprint density at radius 2 is 2.14 bits per heavy atom. The molecular formula is C12H19N5O2S2. The van der Waals surface area contributed by atoms with E-state index in [1.165, 1.54) is 22.3 Å². The molecule has 0 bridgehead atoms. The Labute approximate surface area is 128 Å². The van der Waals surface area contributed by atoms with E-state index in [0.29, 0.717) is 16.6 Å². The minimum Gasteiger partial charge on any atom is -0.312 e. The third kappa shape index (κ3) is 4.10. The third-order valence-corrected chi connectivity index (χ3v) is 5.98. The molecule has 0 unspecified atom stereocenters. The lowest BCUT2D eigenvalue weighted by Gasteiger charge is -2.02. The zero-order valence-corrected chi connectivity index (χ0v) is 13.9. The van der Waals surface area contributed by atoms with Gasteiger partial charge in [0.05, 0.1) is 6.54 Å². The number of sulfonamides is 1. The van der Waals surface area contributed by atoms with Gasteiger partial charge in [0.15, 0.2) is 5.82 Å². The molecule has 0 spiro atoms. The topological polar surface area (TPSA) is 88.9 Å². The molecule has 0 saturated carbocycles. The van der Waals surface area contributed by atoms with Crippen LogP contribution in [0.1, 0.15) is 23.2 Å². The van der Waals surface area contributed by atoms with E-state index in [2.05, 4.69) is 20.1 Å². The standard InChI is InChI=1S/C12H19N5O2S2/c1-4-13-6-10-9(2)5-12(20-10)21(18,19)15-7-11-14-8-17(3)16-11/h5,8,13,15H,4,6-7H2,1-3H3. The molecule has 2 aromatic rings. The Hall–Kier alpha value is -1.29. The number of nitrogens with one attached hydrogen (secondary N) is 2. The van der Waals surface area contributed by atoms with Crippen LogP contribution in [-0.4, -0.2) is 29.7 Å². The predicted molar refractivity (Wildman–Crippen MR) is 81.5 cm³/mol. The van der Waals surface area contributed by atoms with Gasteiger partial charge in [0, 0.05) is 18.5 Å². The van der Waals surface area contributed by atoms with Crippen LogP contribution in [0.5, 0.6) is 0 Å². The van der Waals surface area contributed by atoms with Crippen molar-refractivity contribution in [3.05, 3.63) is 28.7 Å². The fourth-order valence-corrected chi connectivity index (χ4v) is 4.31. The zero-order valence-electron chi connectivity index (χ0n) is 12.3. The molecule has 0 atom stereocenters. The SMILES string of the molecule is CCNCc1sc(S(=O)(=O)NCc2ncn(C)n2)cc1C. The molecule has 21 heavy (non-hydrogen) atoms. The Kier molecular flexibility index (Phi) is 5.09. The summed E-state index contributed by atoms with van der Waals surface area (Å²) in [5.41, 5.74) is 0.984. The second-order valence-electron chi connectivity index (χ2n) is 4.61. The highest BCUT2D eigenvalue weighted by molar-refractivity contribution is 7.91. The fourth-order valence-electron chi connectivity index (χ4n) is 1.73. The molecule has 0 radical (unpaired) electrons. The summed E-state index contributed by atoms with van der Waals surface area (Å²) in [6, 6.07) is 1.70. The molecule has 116 valence electrons. The average Bonchev–Trinajstić information content (AvgIpc) is 3.01. The lowest BCUT2D eigenvalue weighted by molar-refractivity contribution is 0.580. The molecule has 0 aliphatic carbocycles. The van der Waals surface area contributed by atoms with E-state index in [-0.39, 0.29) is 6.54 Å². The van der Waals surface area contributed by atoms with Crippen molar-refractivity contribution in [2.24, 2.45) is 7.05 Å². The average molecular weight is 329 g/mol. The summed E-state index contributed by atoms with van der Waals surface area (Å²) < 4.78 is 28.9. The predicted octanol–water partition coefficient (Wildman–Crippen LogP) is 0.773. The van der Waals surface area contributed by atoms with Gasteiger partial charge >= 0.3 is 0 Å². The Bertz CT molecular complexity index is 705. The maximum absolute atomic E-state index is 12.3. The molecule has 2 N–H and O–H groups in total. The van der Waals surface area contributed by atoms with Crippen LogP contribution in [0, 0.1) is 6.92 Å². The first kappa shape index (κ1) is 16.1. The molecular weight excluding hydrogens is 310 g/mol. The third-order valence-electron chi connectivity index (χ3n) is 2.87. The lowest BCUT2D eigenvalue weighted by Crippen LogP contribution is -2.23. The summed E-state index contributed by atoms with van der Waals surface area (Å²) in [7, 11) is -1.79. The number of thiophene rings is 1. The first-order chi connectivity index (χ1) is 9.92. The number of aromatic nitrogens is 3. The van der Waals surface area contributed by atoms with Crippen LogP contribution in [0.2, 0.25) is 0 Å². The van der Waals surface area contributed by atoms with E-state index in [9.17, 15) is 8.42 Å². The van der Waals surface area contributed by atoms with E-state index in [4.69, 9.17) is 0 Å². The molecule has 2 heterocycles. The van der Waals surface area contributed by atoms with Gasteiger partial charge < -0.3 is 5.32 Å². The van der Waals surface area contributed by atoms with Crippen molar-refractivity contribution in [2.45, 2.75) is 31.1 Å². The van der Waals surface area contributed by atoms with Crippen LogP contribution in [0.25, 0.3) is 0 Å². The van der Waals surface area contributed by atoms with Crippen molar-refractivity contribution < 1.29 is 8.42 Å². The van der Waals surface area contributed by atoms with Crippen molar-refractivity contribution in [2.75, 3.05) is 6.54 Å². The summed E-state index contributed by atoms with van der Waals surface area (Å²) in [4.78, 5) is 5.03. The van der Waals surface area contributed by atoms with Gasteiger partial charge in [-0.3, -0.25) is 4.68 Å². The summed E-state index contributed by atoms with van der Waals surface area (Å²) in [5, 5.41) is 7.25. The van der Waals surface area contributed by atoms with E-state index < -0.39 is 10.0 Å². The Morgan fingerprint density at radius 1 is 1.38 bits per heavy atom. The van der Waals surface area contributed by atoms with Crippen LogP contribution in [-0.2, 0) is 30.2 Å². The van der Waals surface area contributed by atoms with Gasteiger partial charge in [-0.15, -0.1) is 11.3 Å². The number of aryl methyl sites for hydroxylation is 2. The normalized spacial score (nSPS) is 12.0. The smallest absolute Gasteiger partial charge is 0.250 e. The second kappa shape index (κ2) is 6.65. The maximum atomic E-state index is 12.3. The van der Waals surface area contributed by atoms with Crippen molar-refractivity contribution in [1.29, 1.82) is 0 Å². The quantitative estimate of drug-likeness (QED) is 0.783. The Morgan fingerprint density at radius 3 is 2.76 bits per heavy atom. The monoisotopic (exact) mass is 329 g/mol. The van der Waals surface area contributed by atoms with Crippen LogP contribution < -0.4 is 10.0 Å². The molecule has 0 aromatic carbocycles. The van der Waals surface area contributed by atoms with Gasteiger partial charge in [0.2, 0.25) is 10.0 Å². The molecule has 2 rings (SSSR count). The van der Waals surface area contributed by atoms with E-state index in [0.717, 1.165) is 17.0 Å². The lowest BCUT2D eigenvalue weighted by atomic mass is 10.3. The molecule has 0 aliphatic heterocycles. The summed E-state index contributed by atoms with van der Waals surface area (Å²) in [6.07, 6.45) is 1.54. The highest BCUT2D eigenvalue weighted by Crippen LogP contribution is 2.25. The number of nitrogens with zero attached hydrogens (tertiary/aromatic N) is 3. The van der Waals surface area contributed by atoms with Crippen LogP contribution in [0.15, 0.2) is 16.6 Å². The summed E-state index contributed by atoms with van der Waals surface area (Å²) in [6.45, 7) is 5.56. The van der Waals surface area contributed by atoms with Crippen LogP contribution in [0.4, 0.5) is 0 Å². The van der Waals surface area contributed by atoms with Crippen molar-refractivity contribution in [1.82, 2.24) is 24.8 Å². The number of rotatable bonds is 7. The minimum atomic E-state index is -3.52. The van der Waals surface area contributed by atoms with Gasteiger partial charge in [0.1, 0.15) is 10.5 Å². The highest BCUT2D eigenvalue weighted by Gasteiger charge is 2.19. The van der Waals surface area contributed by atoms with Crippen LogP contribution in [0.3, 0.4) is 0 Å². The molecule has 7 nitrogen and oxygen atoms in total. The van der Waals surface area contributed by atoms with E-state index in [1.807, 2.05) is 13.8 Å². The molecule has 0 saturated heterocycles. The van der Waals surface area contributed by atoms with Gasteiger partial charge in [-0.05, 0) is 25.1 Å². The zero-order chi connectivity index (χ0) is 15.5. The second-order valence-corrected chi connectivity index (χ2v) is 7.74. The van der Waals surface area contributed by atoms with Crippen LogP contribution >= 0.6 is 11.3 Å². The molecule has 0 aliphatic rings. The van der Waals surface area contributed by atoms with Gasteiger partial charge in [-0.25, -0.2) is 18.1 Å². The maximum Gasteiger partial charge on any atom is 0.250 e. The first-order valence-corrected chi connectivity index (χ1v) is 8.86. The van der Waals surface area contributed by atoms with Crippen molar-refractivity contribution in [3.8, 4) is 0 Å². The fraction of sp³-hybridized carbons (Fsp3) is 0.500. The summed E-state index contributed by atoms with van der Waals surface area (Å²) in [5.74, 6) is 0.447. The van der Waals surface area contributed by atoms with E-state index >= 15 is 0 Å². The van der Waals surface area contributed by atoms with Crippen molar-refractivity contribution >= 4 is 21.4 Å². The minimum absolute atomic E-state index is 0.0860. The largest absolute Gasteiger partial charge is 0.312 e. The Balaban J connectivity index is 2.08. The molecule has 0 amide bonds. The first-order valence-electron chi connectivity index (χ1n) is 6.56. The molecule has 2 aromatic heterocycles. The van der Waals surface area contributed by atoms with Gasteiger partial charge in [-0.1, -0.05) is 6.92 Å². The van der Waals surface area contributed by atoms with E-state index in [1.54, 1.807) is 13.1 Å². The number of hydrogen-bond donors (Lipinski definition) is 2. The molecule has 0 fully saturated rings. The van der Waals surface area contributed by atoms with Gasteiger partial charge in [-0.2, -0.15) is 5.10 Å². The summed E-state index contributed by atoms with van der Waals surface area (Å²) >= 11 is 1.29. The van der Waals surface area contributed by atoms with Crippen molar-refractivity contribution in [3.63, 3.8) is 0 Å². The number of hydrogen-bond acceptors (Lipinski definition) is 6. The highest BCUT2D eigenvalue weighted by atomic mass is 32.2. The molecule has 9 heteroatoms.